The van der Waals surface area contributed by atoms with Crippen LogP contribution in [0.15, 0.2) is 17.8 Å². The molecule has 0 aliphatic carbocycles. The van der Waals surface area contributed by atoms with Gasteiger partial charge in [0.15, 0.2) is 5.13 Å². The number of aliphatic carboxylic acids is 1. The van der Waals surface area contributed by atoms with Crippen LogP contribution in [0.4, 0.5) is 5.13 Å². The summed E-state index contributed by atoms with van der Waals surface area (Å²) < 4.78 is 0. The Labute approximate surface area is 114 Å². The summed E-state index contributed by atoms with van der Waals surface area (Å²) in [6, 6.07) is 0.0608. The van der Waals surface area contributed by atoms with Crippen molar-refractivity contribution in [2.24, 2.45) is 0 Å². The van der Waals surface area contributed by atoms with E-state index in [0.29, 0.717) is 10.8 Å². The van der Waals surface area contributed by atoms with Crippen molar-refractivity contribution in [3.05, 3.63) is 29.0 Å². The SMILES string of the molecule is CC(Nc1nc(C(C)(C)C(=O)O)cs1)c1cn[nH]c1. The highest BCUT2D eigenvalue weighted by molar-refractivity contribution is 7.13. The summed E-state index contributed by atoms with van der Waals surface area (Å²) in [6.45, 7) is 5.29. The first-order chi connectivity index (χ1) is 8.91. The van der Waals surface area contributed by atoms with E-state index in [1.807, 2.05) is 13.1 Å². The second kappa shape index (κ2) is 5.00. The summed E-state index contributed by atoms with van der Waals surface area (Å²) >= 11 is 1.40. The summed E-state index contributed by atoms with van der Waals surface area (Å²) in [5.41, 5.74) is 0.608. The fourth-order valence-electron chi connectivity index (χ4n) is 1.50. The van der Waals surface area contributed by atoms with Crippen LogP contribution in [0.1, 0.15) is 38.1 Å². The molecule has 2 aromatic rings. The van der Waals surface area contributed by atoms with Gasteiger partial charge in [0, 0.05) is 17.1 Å². The van der Waals surface area contributed by atoms with Crippen molar-refractivity contribution in [3.8, 4) is 0 Å². The van der Waals surface area contributed by atoms with Gasteiger partial charge in [0.1, 0.15) is 5.41 Å². The van der Waals surface area contributed by atoms with E-state index in [1.165, 1.54) is 11.3 Å². The first-order valence-corrected chi connectivity index (χ1v) is 6.74. The molecule has 0 aromatic carbocycles. The molecule has 0 radical (unpaired) electrons. The van der Waals surface area contributed by atoms with Crippen molar-refractivity contribution in [1.82, 2.24) is 15.2 Å². The highest BCUT2D eigenvalue weighted by atomic mass is 32.1. The fraction of sp³-hybridized carbons (Fsp3) is 0.417. The number of anilines is 1. The van der Waals surface area contributed by atoms with Gasteiger partial charge in [0.25, 0.3) is 0 Å². The smallest absolute Gasteiger partial charge is 0.315 e. The first kappa shape index (κ1) is 13.5. The van der Waals surface area contributed by atoms with Gasteiger partial charge in [-0.05, 0) is 20.8 Å². The fourth-order valence-corrected chi connectivity index (χ4v) is 2.47. The molecule has 2 heterocycles. The van der Waals surface area contributed by atoms with Gasteiger partial charge >= 0.3 is 5.97 Å². The van der Waals surface area contributed by atoms with Gasteiger partial charge in [0.05, 0.1) is 17.9 Å². The lowest BCUT2D eigenvalue weighted by atomic mass is 9.90. The van der Waals surface area contributed by atoms with Crippen molar-refractivity contribution >= 4 is 22.4 Å². The number of carboxylic acid groups (broad SMARTS) is 1. The molecular formula is C12H16N4O2S. The molecule has 0 bridgehead atoms. The Bertz CT molecular complexity index is 562. The van der Waals surface area contributed by atoms with Crippen LogP contribution in [0.25, 0.3) is 0 Å². The highest BCUT2D eigenvalue weighted by Gasteiger charge is 2.32. The number of H-pyrrole nitrogens is 1. The van der Waals surface area contributed by atoms with Crippen LogP contribution in [0.2, 0.25) is 0 Å². The molecule has 102 valence electrons. The van der Waals surface area contributed by atoms with E-state index in [0.717, 1.165) is 5.56 Å². The first-order valence-electron chi connectivity index (χ1n) is 5.86. The quantitative estimate of drug-likeness (QED) is 0.782. The van der Waals surface area contributed by atoms with Crippen LogP contribution >= 0.6 is 11.3 Å². The zero-order chi connectivity index (χ0) is 14.0. The lowest BCUT2D eigenvalue weighted by Gasteiger charge is -2.16. The van der Waals surface area contributed by atoms with E-state index in [2.05, 4.69) is 20.5 Å². The normalized spacial score (nSPS) is 13.2. The number of thiazole rings is 1. The molecular weight excluding hydrogens is 264 g/mol. The van der Waals surface area contributed by atoms with Gasteiger partial charge in [-0.3, -0.25) is 9.89 Å². The Morgan fingerprint density at radius 3 is 2.89 bits per heavy atom. The minimum absolute atomic E-state index is 0.0608. The van der Waals surface area contributed by atoms with Crippen molar-refractivity contribution in [2.45, 2.75) is 32.2 Å². The van der Waals surface area contributed by atoms with Crippen molar-refractivity contribution < 1.29 is 9.90 Å². The molecule has 2 aromatic heterocycles. The van der Waals surface area contributed by atoms with Gasteiger partial charge in [-0.1, -0.05) is 0 Å². The monoisotopic (exact) mass is 280 g/mol. The topological polar surface area (TPSA) is 90.9 Å². The summed E-state index contributed by atoms with van der Waals surface area (Å²) in [6.07, 6.45) is 3.56. The number of hydrogen-bond acceptors (Lipinski definition) is 5. The number of hydrogen-bond donors (Lipinski definition) is 3. The number of carbonyl (C=O) groups is 1. The average Bonchev–Trinajstić information content (AvgIpc) is 2.99. The molecule has 0 amide bonds. The number of nitrogens with one attached hydrogen (secondary N) is 2. The van der Waals surface area contributed by atoms with Crippen LogP contribution in [0.5, 0.6) is 0 Å². The second-order valence-corrected chi connectivity index (χ2v) is 5.72. The number of aromatic amines is 1. The largest absolute Gasteiger partial charge is 0.481 e. The minimum Gasteiger partial charge on any atom is -0.481 e. The highest BCUT2D eigenvalue weighted by Crippen LogP contribution is 2.29. The van der Waals surface area contributed by atoms with Crippen LogP contribution in [-0.4, -0.2) is 26.3 Å². The summed E-state index contributed by atoms with van der Waals surface area (Å²) in [4.78, 5) is 15.5. The Morgan fingerprint density at radius 2 is 2.32 bits per heavy atom. The number of rotatable bonds is 5. The third-order valence-corrected chi connectivity index (χ3v) is 3.81. The molecule has 1 unspecified atom stereocenters. The molecule has 7 heteroatoms. The van der Waals surface area contributed by atoms with Crippen molar-refractivity contribution in [3.63, 3.8) is 0 Å². The summed E-state index contributed by atoms with van der Waals surface area (Å²) in [7, 11) is 0. The van der Waals surface area contributed by atoms with Crippen LogP contribution in [-0.2, 0) is 10.2 Å². The van der Waals surface area contributed by atoms with E-state index in [-0.39, 0.29) is 6.04 Å². The van der Waals surface area contributed by atoms with E-state index in [9.17, 15) is 4.79 Å². The lowest BCUT2D eigenvalue weighted by Crippen LogP contribution is -2.28. The molecule has 0 aliphatic rings. The number of nitrogens with zero attached hydrogens (tertiary/aromatic N) is 2. The van der Waals surface area contributed by atoms with Gasteiger partial charge in [-0.15, -0.1) is 11.3 Å². The maximum absolute atomic E-state index is 11.2. The Balaban J connectivity index is 2.12. The number of carboxylic acids is 1. The third-order valence-electron chi connectivity index (χ3n) is 3.04. The van der Waals surface area contributed by atoms with Gasteiger partial charge in [-0.2, -0.15) is 5.10 Å². The minimum atomic E-state index is -0.977. The van der Waals surface area contributed by atoms with Gasteiger partial charge in [0.2, 0.25) is 0 Å². The Kier molecular flexibility index (Phi) is 3.57. The molecule has 0 saturated carbocycles. The van der Waals surface area contributed by atoms with Crippen LogP contribution in [0.3, 0.4) is 0 Å². The predicted octanol–water partition coefficient (Wildman–Crippen LogP) is 2.40. The van der Waals surface area contributed by atoms with E-state index in [1.54, 1.807) is 25.4 Å². The van der Waals surface area contributed by atoms with Crippen molar-refractivity contribution in [2.75, 3.05) is 5.32 Å². The Morgan fingerprint density at radius 1 is 1.58 bits per heavy atom. The molecule has 1 atom stereocenters. The second-order valence-electron chi connectivity index (χ2n) is 4.87. The molecule has 6 nitrogen and oxygen atoms in total. The molecule has 0 spiro atoms. The number of aromatic nitrogens is 3. The molecule has 0 fully saturated rings. The average molecular weight is 280 g/mol. The lowest BCUT2D eigenvalue weighted by molar-refractivity contribution is -0.142. The third kappa shape index (κ3) is 2.76. The summed E-state index contributed by atoms with van der Waals surface area (Å²) in [5, 5.41) is 21.5. The predicted molar refractivity (Wildman–Crippen MR) is 73.4 cm³/mol. The van der Waals surface area contributed by atoms with Crippen molar-refractivity contribution in [1.29, 1.82) is 0 Å². The maximum Gasteiger partial charge on any atom is 0.315 e. The maximum atomic E-state index is 11.2. The van der Waals surface area contributed by atoms with Crippen LogP contribution in [0, 0.1) is 0 Å². The van der Waals surface area contributed by atoms with Crippen LogP contribution < -0.4 is 5.32 Å². The standard InChI is InChI=1S/C12H16N4O2S/c1-7(8-4-13-14-5-8)15-11-16-9(6-19-11)12(2,3)10(17)18/h4-7H,1-3H3,(H,13,14)(H,15,16)(H,17,18). The van der Waals surface area contributed by atoms with Gasteiger partial charge < -0.3 is 10.4 Å². The van der Waals surface area contributed by atoms with E-state index >= 15 is 0 Å². The molecule has 0 aliphatic heterocycles. The molecule has 19 heavy (non-hydrogen) atoms. The summed E-state index contributed by atoms with van der Waals surface area (Å²) in [5.74, 6) is -0.882. The Hall–Kier alpha value is -1.89. The molecule has 3 N–H and O–H groups in total. The molecule has 0 saturated heterocycles. The van der Waals surface area contributed by atoms with Gasteiger partial charge in [-0.25, -0.2) is 4.98 Å². The zero-order valence-corrected chi connectivity index (χ0v) is 11.8. The zero-order valence-electron chi connectivity index (χ0n) is 11.0. The van der Waals surface area contributed by atoms with E-state index < -0.39 is 11.4 Å². The molecule has 2 rings (SSSR count). The van der Waals surface area contributed by atoms with E-state index in [4.69, 9.17) is 5.11 Å².